The highest BCUT2D eigenvalue weighted by atomic mass is 32.2. The normalized spacial score (nSPS) is 27.6. The zero-order chi connectivity index (χ0) is 21.5. The minimum Gasteiger partial charge on any atom is -0.390 e. The summed E-state index contributed by atoms with van der Waals surface area (Å²) in [5.41, 5.74) is 2.70. The minimum atomic E-state index is -4.11. The van der Waals surface area contributed by atoms with Gasteiger partial charge in [0.05, 0.1) is 12.1 Å². The number of fused-ring (bicyclic) bond motifs is 1. The molecule has 162 valence electrons. The molecule has 0 radical (unpaired) electrons. The maximum Gasteiger partial charge on any atom is 0.333 e. The van der Waals surface area contributed by atoms with E-state index in [9.17, 15) is 13.5 Å². The molecule has 0 saturated heterocycles. The van der Waals surface area contributed by atoms with E-state index in [4.69, 9.17) is 9.32 Å². The van der Waals surface area contributed by atoms with Crippen molar-refractivity contribution in [2.75, 3.05) is 10.6 Å². The van der Waals surface area contributed by atoms with Gasteiger partial charge in [-0.05, 0) is 35.8 Å². The van der Waals surface area contributed by atoms with Crippen molar-refractivity contribution in [3.63, 3.8) is 0 Å². The van der Waals surface area contributed by atoms with E-state index < -0.39 is 22.5 Å². The molecule has 2 aliphatic rings. The predicted octanol–water partition coefficient (Wildman–Crippen LogP) is 1.83. The summed E-state index contributed by atoms with van der Waals surface area (Å²) in [5.74, 6) is 1.28. The number of anilines is 2. The first-order valence-electron chi connectivity index (χ1n) is 9.94. The van der Waals surface area contributed by atoms with E-state index in [2.05, 4.69) is 52.6 Å². The van der Waals surface area contributed by atoms with Gasteiger partial charge in [-0.15, -0.1) is 0 Å². The van der Waals surface area contributed by atoms with Gasteiger partial charge < -0.3 is 15.7 Å². The lowest BCUT2D eigenvalue weighted by molar-refractivity contribution is 0.0646. The Morgan fingerprint density at radius 3 is 2.60 bits per heavy atom. The number of rotatable bonds is 6. The number of nitrogens with zero attached hydrogens (tertiary/aromatic N) is 2. The number of nitrogens with one attached hydrogen (secondary N) is 2. The van der Waals surface area contributed by atoms with Gasteiger partial charge in [0.25, 0.3) is 0 Å². The Labute approximate surface area is 176 Å². The van der Waals surface area contributed by atoms with Crippen LogP contribution < -0.4 is 15.8 Å². The number of hydrogen-bond donors (Lipinski definition) is 4. The van der Waals surface area contributed by atoms with Gasteiger partial charge in [0.2, 0.25) is 0 Å². The van der Waals surface area contributed by atoms with Crippen LogP contribution in [0.25, 0.3) is 0 Å². The van der Waals surface area contributed by atoms with Crippen LogP contribution in [0.3, 0.4) is 0 Å². The van der Waals surface area contributed by atoms with Crippen LogP contribution in [-0.4, -0.2) is 41.7 Å². The zero-order valence-corrected chi connectivity index (χ0v) is 17.8. The number of nitrogens with two attached hydrogens (primary N) is 1. The lowest BCUT2D eigenvalue weighted by Gasteiger charge is -2.20. The Bertz CT molecular complexity index is 1030. The van der Waals surface area contributed by atoms with Crippen LogP contribution in [-0.2, 0) is 19.9 Å². The lowest BCUT2D eigenvalue weighted by atomic mass is 9.86. The van der Waals surface area contributed by atoms with Crippen molar-refractivity contribution < 1.29 is 17.7 Å². The molecule has 4 rings (SSSR count). The molecule has 2 aliphatic carbocycles. The van der Waals surface area contributed by atoms with Crippen molar-refractivity contribution in [1.82, 2.24) is 9.97 Å². The molecule has 0 amide bonds. The molecule has 1 aromatic carbocycles. The third kappa shape index (κ3) is 4.56. The Morgan fingerprint density at radius 2 is 1.87 bits per heavy atom. The molecule has 0 spiro atoms. The summed E-state index contributed by atoms with van der Waals surface area (Å²) < 4.78 is 27.0. The molecule has 1 saturated carbocycles. The van der Waals surface area contributed by atoms with Crippen molar-refractivity contribution >= 4 is 21.9 Å². The lowest BCUT2D eigenvalue weighted by Crippen LogP contribution is -2.29. The van der Waals surface area contributed by atoms with Crippen molar-refractivity contribution in [2.45, 2.75) is 62.8 Å². The minimum absolute atomic E-state index is 0.0840. The van der Waals surface area contributed by atoms with Crippen LogP contribution in [0.5, 0.6) is 0 Å². The highest BCUT2D eigenvalue weighted by molar-refractivity contribution is 7.84. The molecule has 1 unspecified atom stereocenters. The Kier molecular flexibility index (Phi) is 5.43. The molecule has 1 aromatic heterocycles. The SMILES string of the molecule is CC1(C)C[C@H](Nc2cc(N[C@@H]3CC(OS(N)(=O)=O)[C@@H](O)C3)ncn2)c2ccccc21. The highest BCUT2D eigenvalue weighted by Gasteiger charge is 2.37. The molecule has 1 heterocycles. The van der Waals surface area contributed by atoms with Crippen LogP contribution in [0, 0.1) is 0 Å². The van der Waals surface area contributed by atoms with Crippen molar-refractivity contribution in [3.8, 4) is 0 Å². The first kappa shape index (κ1) is 21.0. The van der Waals surface area contributed by atoms with Crippen molar-refractivity contribution in [2.24, 2.45) is 5.14 Å². The maximum atomic E-state index is 11.1. The molecule has 5 N–H and O–H groups in total. The second-order valence-corrected chi connectivity index (χ2v) is 9.85. The fourth-order valence-electron chi connectivity index (χ4n) is 4.55. The second-order valence-electron chi connectivity index (χ2n) is 8.67. The molecule has 10 heteroatoms. The predicted molar refractivity (Wildman–Crippen MR) is 113 cm³/mol. The molecule has 0 aliphatic heterocycles. The maximum absolute atomic E-state index is 11.1. The monoisotopic (exact) mass is 433 g/mol. The van der Waals surface area contributed by atoms with E-state index in [0.29, 0.717) is 24.5 Å². The van der Waals surface area contributed by atoms with Gasteiger partial charge in [-0.3, -0.25) is 4.18 Å². The number of aromatic nitrogens is 2. The first-order chi connectivity index (χ1) is 14.1. The van der Waals surface area contributed by atoms with Gasteiger partial charge in [-0.25, -0.2) is 15.1 Å². The third-order valence-corrected chi connectivity index (χ3v) is 6.37. The molecule has 9 nitrogen and oxygen atoms in total. The quantitative estimate of drug-likeness (QED) is 0.541. The van der Waals surface area contributed by atoms with E-state index in [-0.39, 0.29) is 17.5 Å². The van der Waals surface area contributed by atoms with Crippen LogP contribution in [0.1, 0.15) is 50.3 Å². The van der Waals surface area contributed by atoms with Crippen LogP contribution in [0.2, 0.25) is 0 Å². The van der Waals surface area contributed by atoms with E-state index >= 15 is 0 Å². The molecule has 1 fully saturated rings. The van der Waals surface area contributed by atoms with Gasteiger partial charge in [0.1, 0.15) is 24.1 Å². The Balaban J connectivity index is 1.43. The summed E-state index contributed by atoms with van der Waals surface area (Å²) in [4.78, 5) is 8.59. The fraction of sp³-hybridized carbons (Fsp3) is 0.500. The Morgan fingerprint density at radius 1 is 1.17 bits per heavy atom. The van der Waals surface area contributed by atoms with E-state index in [0.717, 1.165) is 6.42 Å². The third-order valence-electron chi connectivity index (χ3n) is 5.85. The van der Waals surface area contributed by atoms with Gasteiger partial charge >= 0.3 is 10.3 Å². The molecule has 2 aromatic rings. The summed E-state index contributed by atoms with van der Waals surface area (Å²) in [6.07, 6.45) is 1.28. The summed E-state index contributed by atoms with van der Waals surface area (Å²) in [7, 11) is -4.11. The van der Waals surface area contributed by atoms with Crippen molar-refractivity contribution in [3.05, 3.63) is 47.8 Å². The summed E-state index contributed by atoms with van der Waals surface area (Å²) >= 11 is 0. The molecular formula is C20H27N5O4S. The summed E-state index contributed by atoms with van der Waals surface area (Å²) in [6.45, 7) is 4.48. The van der Waals surface area contributed by atoms with Gasteiger partial charge in [-0.2, -0.15) is 8.42 Å². The largest absolute Gasteiger partial charge is 0.390 e. The van der Waals surface area contributed by atoms with Crippen molar-refractivity contribution in [1.29, 1.82) is 0 Å². The zero-order valence-electron chi connectivity index (χ0n) is 16.9. The topological polar surface area (TPSA) is 139 Å². The number of aliphatic hydroxyl groups excluding tert-OH is 1. The van der Waals surface area contributed by atoms with E-state index in [1.165, 1.54) is 17.5 Å². The average Bonchev–Trinajstić information content (AvgIpc) is 3.11. The number of aliphatic hydroxyl groups is 1. The van der Waals surface area contributed by atoms with Crippen LogP contribution in [0.4, 0.5) is 11.6 Å². The number of hydrogen-bond acceptors (Lipinski definition) is 8. The number of benzene rings is 1. The van der Waals surface area contributed by atoms with Gasteiger partial charge in [-0.1, -0.05) is 38.1 Å². The molecule has 0 bridgehead atoms. The average molecular weight is 434 g/mol. The first-order valence-corrected chi connectivity index (χ1v) is 11.4. The van der Waals surface area contributed by atoms with E-state index in [1.807, 2.05) is 12.1 Å². The highest BCUT2D eigenvalue weighted by Crippen LogP contribution is 2.45. The van der Waals surface area contributed by atoms with Gasteiger partial charge in [0, 0.05) is 12.1 Å². The molecule has 30 heavy (non-hydrogen) atoms. The summed E-state index contributed by atoms with van der Waals surface area (Å²) in [5, 5.41) is 21.7. The van der Waals surface area contributed by atoms with Crippen LogP contribution in [0.15, 0.2) is 36.7 Å². The fourth-order valence-corrected chi connectivity index (χ4v) is 5.10. The molecular weight excluding hydrogens is 406 g/mol. The second kappa shape index (κ2) is 7.77. The van der Waals surface area contributed by atoms with Crippen LogP contribution >= 0.6 is 0 Å². The summed E-state index contributed by atoms with van der Waals surface area (Å²) in [6, 6.07) is 10.2. The van der Waals surface area contributed by atoms with E-state index in [1.54, 1.807) is 0 Å². The van der Waals surface area contributed by atoms with Gasteiger partial charge in [0.15, 0.2) is 0 Å². The Hall–Kier alpha value is -2.27. The standard InChI is InChI=1S/C20H27N5O4S/c1-20(2)10-15(13-5-3-4-6-14(13)20)25-19-9-18(22-11-23-19)24-12-7-16(26)17(8-12)29-30(21,27)28/h3-6,9,11-12,15-17,26H,7-8,10H2,1-2H3,(H2,21,27,28)(H2,22,23,24,25)/t12-,15-,16-,17?/m0/s1. The molecule has 4 atom stereocenters. The smallest absolute Gasteiger partial charge is 0.333 e.